The van der Waals surface area contributed by atoms with Crippen molar-refractivity contribution in [2.75, 3.05) is 39.3 Å². The van der Waals surface area contributed by atoms with Crippen LogP contribution in [0.15, 0.2) is 59.6 Å². The number of benzene rings is 2. The molecule has 2 N–H and O–H groups in total. The molecular formula is C33H42ClN5O4S2. The van der Waals surface area contributed by atoms with Gasteiger partial charge in [-0.05, 0) is 73.6 Å². The van der Waals surface area contributed by atoms with Gasteiger partial charge in [-0.1, -0.05) is 43.0 Å². The fourth-order valence-corrected chi connectivity index (χ4v) is 9.18. The molecule has 3 aromatic rings. The number of carbonyl (C=O) groups excluding carboxylic acids is 1. The summed E-state index contributed by atoms with van der Waals surface area (Å²) >= 11 is 7.65. The van der Waals surface area contributed by atoms with Gasteiger partial charge in [-0.25, -0.2) is 13.4 Å². The Morgan fingerprint density at radius 2 is 1.67 bits per heavy atom. The number of thiazole rings is 1. The number of aromatic nitrogens is 1. The Balaban J connectivity index is 1.17. The van der Waals surface area contributed by atoms with E-state index in [2.05, 4.69) is 9.88 Å². The SMILES string of the molecule is NC1CCN(C(=O)C2CN(Cc3ncc(-c4ccc(Cl)cc4)s3)CCN2S(=O)(=O)c2ccc(OCC3CCCCC3)cc2)CC1. The molecule has 6 rings (SSSR count). The van der Waals surface area contributed by atoms with Gasteiger partial charge in [-0.3, -0.25) is 9.69 Å². The predicted octanol–water partition coefficient (Wildman–Crippen LogP) is 5.25. The quantitative estimate of drug-likeness (QED) is 0.331. The summed E-state index contributed by atoms with van der Waals surface area (Å²) in [6.45, 7) is 3.26. The first kappa shape index (κ1) is 32.4. The highest BCUT2D eigenvalue weighted by atomic mass is 35.5. The molecule has 3 aliphatic rings. The van der Waals surface area contributed by atoms with Crippen LogP contribution >= 0.6 is 22.9 Å². The second kappa shape index (κ2) is 14.5. The number of halogens is 1. The van der Waals surface area contributed by atoms with Crippen molar-refractivity contribution in [2.24, 2.45) is 11.7 Å². The van der Waals surface area contributed by atoms with Gasteiger partial charge in [0.15, 0.2) is 0 Å². The normalized spacial score (nSPS) is 21.2. The van der Waals surface area contributed by atoms with Crippen LogP contribution in [0.5, 0.6) is 5.75 Å². The van der Waals surface area contributed by atoms with Crippen LogP contribution in [0.25, 0.3) is 10.4 Å². The minimum atomic E-state index is -3.93. The fraction of sp³-hybridized carbons (Fsp3) is 0.515. The summed E-state index contributed by atoms with van der Waals surface area (Å²) in [5.41, 5.74) is 7.15. The lowest BCUT2D eigenvalue weighted by Gasteiger charge is -2.42. The van der Waals surface area contributed by atoms with Crippen molar-refractivity contribution < 1.29 is 17.9 Å². The van der Waals surface area contributed by atoms with Crippen LogP contribution in [0.4, 0.5) is 0 Å². The van der Waals surface area contributed by atoms with Crippen LogP contribution < -0.4 is 10.5 Å². The Labute approximate surface area is 275 Å². The second-order valence-corrected chi connectivity index (χ2v) is 15.9. The zero-order valence-corrected chi connectivity index (χ0v) is 27.9. The molecular weight excluding hydrogens is 630 g/mol. The van der Waals surface area contributed by atoms with E-state index >= 15 is 0 Å². The van der Waals surface area contributed by atoms with Crippen LogP contribution in [0.3, 0.4) is 0 Å². The third-order valence-corrected chi connectivity index (χ3v) is 12.4. The number of sulfonamides is 1. The van der Waals surface area contributed by atoms with Gasteiger partial charge in [-0.2, -0.15) is 4.31 Å². The third kappa shape index (κ3) is 7.89. The van der Waals surface area contributed by atoms with Gasteiger partial charge in [0.1, 0.15) is 16.8 Å². The van der Waals surface area contributed by atoms with E-state index in [1.165, 1.54) is 36.4 Å². The maximum absolute atomic E-state index is 14.1. The van der Waals surface area contributed by atoms with Crippen molar-refractivity contribution in [1.82, 2.24) is 19.1 Å². The van der Waals surface area contributed by atoms with Gasteiger partial charge < -0.3 is 15.4 Å². The summed E-state index contributed by atoms with van der Waals surface area (Å²) in [5, 5.41) is 1.59. The lowest BCUT2D eigenvalue weighted by atomic mass is 9.90. The molecule has 1 aromatic heterocycles. The van der Waals surface area contributed by atoms with Crippen LogP contribution in [0.1, 0.15) is 50.0 Å². The Morgan fingerprint density at radius 1 is 0.956 bits per heavy atom. The number of nitrogens with two attached hydrogens (primary N) is 1. The van der Waals surface area contributed by atoms with Gasteiger partial charge in [0.25, 0.3) is 0 Å². The molecule has 9 nitrogen and oxygen atoms in total. The largest absolute Gasteiger partial charge is 0.493 e. The van der Waals surface area contributed by atoms with Crippen molar-refractivity contribution in [3.8, 4) is 16.2 Å². The first-order valence-corrected chi connectivity index (χ1v) is 18.6. The highest BCUT2D eigenvalue weighted by molar-refractivity contribution is 7.89. The zero-order valence-electron chi connectivity index (χ0n) is 25.5. The molecule has 3 fully saturated rings. The monoisotopic (exact) mass is 671 g/mol. The van der Waals surface area contributed by atoms with Crippen molar-refractivity contribution in [3.63, 3.8) is 0 Å². The summed E-state index contributed by atoms with van der Waals surface area (Å²) in [7, 11) is -3.93. The molecule has 3 heterocycles. The molecule has 12 heteroatoms. The molecule has 45 heavy (non-hydrogen) atoms. The van der Waals surface area contributed by atoms with E-state index in [0.29, 0.717) is 68.9 Å². The summed E-state index contributed by atoms with van der Waals surface area (Å²) in [4.78, 5) is 23.7. The highest BCUT2D eigenvalue weighted by Gasteiger charge is 2.42. The third-order valence-electron chi connectivity index (χ3n) is 9.23. The second-order valence-electron chi connectivity index (χ2n) is 12.4. The lowest BCUT2D eigenvalue weighted by molar-refractivity contribution is -0.138. The minimum absolute atomic E-state index is 0.0651. The number of likely N-dealkylation sites (tertiary alicyclic amines) is 1. The molecule has 0 bridgehead atoms. The predicted molar refractivity (Wildman–Crippen MR) is 178 cm³/mol. The van der Waals surface area contributed by atoms with Crippen molar-refractivity contribution in [2.45, 2.75) is 68.5 Å². The van der Waals surface area contributed by atoms with E-state index in [-0.39, 0.29) is 23.4 Å². The van der Waals surface area contributed by atoms with Crippen molar-refractivity contribution >= 4 is 38.9 Å². The van der Waals surface area contributed by atoms with Crippen LogP contribution in [0, 0.1) is 5.92 Å². The number of nitrogens with zero attached hydrogens (tertiary/aromatic N) is 4. The van der Waals surface area contributed by atoms with E-state index in [4.69, 9.17) is 22.1 Å². The number of rotatable bonds is 9. The van der Waals surface area contributed by atoms with Gasteiger partial charge in [0.05, 0.1) is 22.9 Å². The summed E-state index contributed by atoms with van der Waals surface area (Å²) in [6, 6.07) is 13.6. The zero-order chi connectivity index (χ0) is 31.4. The van der Waals surface area contributed by atoms with Crippen LogP contribution in [-0.4, -0.2) is 84.8 Å². The van der Waals surface area contributed by atoms with E-state index < -0.39 is 16.1 Å². The van der Waals surface area contributed by atoms with Gasteiger partial charge in [0, 0.05) is 50.0 Å². The number of amides is 1. The average molecular weight is 672 g/mol. The summed E-state index contributed by atoms with van der Waals surface area (Å²) < 4.78 is 35.5. The molecule has 242 valence electrons. The average Bonchev–Trinajstić information content (AvgIpc) is 3.53. The Hall–Kier alpha value is -2.54. The number of carbonyl (C=O) groups is 1. The van der Waals surface area contributed by atoms with Crippen LogP contribution in [-0.2, 0) is 21.4 Å². The van der Waals surface area contributed by atoms with Gasteiger partial charge >= 0.3 is 0 Å². The maximum Gasteiger partial charge on any atom is 0.243 e. The molecule has 2 aliphatic heterocycles. The molecule has 0 spiro atoms. The van der Waals surface area contributed by atoms with Crippen LogP contribution in [0.2, 0.25) is 5.02 Å². The molecule has 2 aromatic carbocycles. The number of hydrogen-bond acceptors (Lipinski definition) is 8. The van der Waals surface area contributed by atoms with Crippen molar-refractivity contribution in [3.05, 3.63) is 64.8 Å². The van der Waals surface area contributed by atoms with Gasteiger partial charge in [0.2, 0.25) is 15.9 Å². The fourth-order valence-electron chi connectivity index (χ4n) is 6.52. The minimum Gasteiger partial charge on any atom is -0.493 e. The number of ether oxygens (including phenoxy) is 1. The summed E-state index contributed by atoms with van der Waals surface area (Å²) in [6.07, 6.45) is 9.43. The molecule has 1 atom stereocenters. The standard InChI is InChI=1S/C33H42ClN5O4S2/c34-26-8-6-25(7-9-26)31-20-36-32(44-31)22-37-18-19-39(30(21-37)33(40)38-16-14-27(35)15-17-38)45(41,42)29-12-10-28(11-13-29)43-23-24-4-2-1-3-5-24/h6-13,20,24,27,30H,1-5,14-19,21-23,35H2. The van der Waals surface area contributed by atoms with E-state index in [1.807, 2.05) is 30.5 Å². The van der Waals surface area contributed by atoms with E-state index in [9.17, 15) is 13.2 Å². The molecule has 1 aliphatic carbocycles. The first-order chi connectivity index (χ1) is 21.8. The Bertz CT molecular complexity index is 1540. The Kier molecular flexibility index (Phi) is 10.4. The number of hydrogen-bond donors (Lipinski definition) is 1. The topological polar surface area (TPSA) is 109 Å². The number of piperidine rings is 1. The molecule has 1 saturated carbocycles. The molecule has 0 radical (unpaired) electrons. The lowest BCUT2D eigenvalue weighted by Crippen LogP contribution is -2.61. The van der Waals surface area contributed by atoms with E-state index in [1.54, 1.807) is 40.5 Å². The first-order valence-electron chi connectivity index (χ1n) is 16.0. The summed E-state index contributed by atoms with van der Waals surface area (Å²) in [5.74, 6) is 1.06. The van der Waals surface area contributed by atoms with Crippen molar-refractivity contribution in [1.29, 1.82) is 0 Å². The number of piperazine rings is 1. The van der Waals surface area contributed by atoms with Gasteiger partial charge in [-0.15, -0.1) is 11.3 Å². The highest BCUT2D eigenvalue weighted by Crippen LogP contribution is 2.30. The maximum atomic E-state index is 14.1. The molecule has 2 saturated heterocycles. The molecule has 1 unspecified atom stereocenters. The molecule has 1 amide bonds. The Morgan fingerprint density at radius 3 is 2.38 bits per heavy atom. The smallest absolute Gasteiger partial charge is 0.243 e. The van der Waals surface area contributed by atoms with E-state index in [0.717, 1.165) is 15.4 Å².